The molecule has 6 nitrogen and oxygen atoms in total. The number of nitrogens with zero attached hydrogens (tertiary/aromatic N) is 1. The summed E-state index contributed by atoms with van der Waals surface area (Å²) >= 11 is 0. The molecular weight excluding hydrogens is 306 g/mol. The third-order valence-corrected chi connectivity index (χ3v) is 6.12. The quantitative estimate of drug-likeness (QED) is 0.852. The Hall–Kier alpha value is -1.73. The average Bonchev–Trinajstić information content (AvgIpc) is 2.47. The van der Waals surface area contributed by atoms with Gasteiger partial charge in [-0.3, -0.25) is 9.59 Å². The average molecular weight is 325 g/mol. The maximum absolute atomic E-state index is 12.7. The lowest BCUT2D eigenvalue weighted by Gasteiger charge is -2.36. The van der Waals surface area contributed by atoms with Crippen LogP contribution < -0.4 is 0 Å². The van der Waals surface area contributed by atoms with Crippen molar-refractivity contribution < 1.29 is 23.1 Å². The first-order valence-electron chi connectivity index (χ1n) is 7.11. The molecule has 7 heteroatoms. The van der Waals surface area contributed by atoms with Gasteiger partial charge < -0.3 is 5.11 Å². The Labute approximate surface area is 129 Å². The first kappa shape index (κ1) is 16.6. The smallest absolute Gasteiger partial charge is 0.308 e. The van der Waals surface area contributed by atoms with Gasteiger partial charge in [0.25, 0.3) is 0 Å². The third kappa shape index (κ3) is 3.05. The van der Waals surface area contributed by atoms with Crippen LogP contribution in [0.25, 0.3) is 0 Å². The van der Waals surface area contributed by atoms with Crippen molar-refractivity contribution in [1.29, 1.82) is 0 Å². The van der Waals surface area contributed by atoms with Crippen molar-refractivity contribution >= 4 is 21.8 Å². The van der Waals surface area contributed by atoms with Gasteiger partial charge in [0.1, 0.15) is 0 Å². The minimum Gasteiger partial charge on any atom is -0.481 e. The molecule has 0 radical (unpaired) electrons. The van der Waals surface area contributed by atoms with Crippen LogP contribution in [0.4, 0.5) is 0 Å². The van der Waals surface area contributed by atoms with Crippen LogP contribution in [0.1, 0.15) is 37.0 Å². The number of carboxylic acids is 1. The molecule has 1 aliphatic rings. The molecule has 1 N–H and O–H groups in total. The summed E-state index contributed by atoms with van der Waals surface area (Å²) in [5.41, 5.74) is 0.439. The topological polar surface area (TPSA) is 91.8 Å². The Kier molecular flexibility index (Phi) is 4.67. The summed E-state index contributed by atoms with van der Waals surface area (Å²) in [4.78, 5) is 22.6. The second kappa shape index (κ2) is 6.18. The van der Waals surface area contributed by atoms with Crippen LogP contribution in [0, 0.1) is 5.92 Å². The fraction of sp³-hybridized carbons (Fsp3) is 0.467. The van der Waals surface area contributed by atoms with Gasteiger partial charge in [-0.25, -0.2) is 8.42 Å². The number of hydrogen-bond acceptors (Lipinski definition) is 4. The van der Waals surface area contributed by atoms with Crippen LogP contribution in [-0.4, -0.2) is 42.2 Å². The first-order chi connectivity index (χ1) is 10.2. The maximum Gasteiger partial charge on any atom is 0.308 e. The highest BCUT2D eigenvalue weighted by Gasteiger charge is 2.39. The van der Waals surface area contributed by atoms with Gasteiger partial charge in [0, 0.05) is 18.2 Å². The van der Waals surface area contributed by atoms with Gasteiger partial charge >= 0.3 is 5.97 Å². The van der Waals surface area contributed by atoms with E-state index in [4.69, 9.17) is 0 Å². The fourth-order valence-corrected chi connectivity index (χ4v) is 4.48. The van der Waals surface area contributed by atoms with E-state index < -0.39 is 28.0 Å². The third-order valence-electron chi connectivity index (χ3n) is 4.11. The largest absolute Gasteiger partial charge is 0.481 e. The molecule has 0 aliphatic carbocycles. The number of carbonyl (C=O) groups is 2. The molecule has 0 saturated carbocycles. The van der Waals surface area contributed by atoms with Gasteiger partial charge in [-0.2, -0.15) is 4.31 Å². The van der Waals surface area contributed by atoms with E-state index >= 15 is 0 Å². The lowest BCUT2D eigenvalue weighted by atomic mass is 9.92. The van der Waals surface area contributed by atoms with Crippen molar-refractivity contribution in [1.82, 2.24) is 4.31 Å². The summed E-state index contributed by atoms with van der Waals surface area (Å²) in [6, 6.07) is 5.13. The van der Waals surface area contributed by atoms with Gasteiger partial charge in [0.05, 0.1) is 10.8 Å². The van der Waals surface area contributed by atoms with E-state index in [2.05, 4.69) is 0 Å². The zero-order valence-electron chi connectivity index (χ0n) is 12.5. The highest BCUT2D eigenvalue weighted by molar-refractivity contribution is 7.89. The molecule has 2 rings (SSSR count). The van der Waals surface area contributed by atoms with E-state index in [1.165, 1.54) is 35.5 Å². The lowest BCUT2D eigenvalue weighted by molar-refractivity contribution is -0.144. The number of carbonyl (C=O) groups excluding carboxylic acids is 1. The van der Waals surface area contributed by atoms with Crippen molar-refractivity contribution in [3.8, 4) is 0 Å². The normalized spacial score (nSPS) is 23.2. The Morgan fingerprint density at radius 2 is 1.82 bits per heavy atom. The zero-order valence-corrected chi connectivity index (χ0v) is 13.3. The number of Topliss-reactive ketones (excluding diaryl/α,β-unsaturated/α-hetero) is 1. The summed E-state index contributed by atoms with van der Waals surface area (Å²) in [5, 5.41) is 9.20. The Balaban J connectivity index is 2.33. The fourth-order valence-electron chi connectivity index (χ4n) is 2.78. The van der Waals surface area contributed by atoms with Crippen molar-refractivity contribution in [2.45, 2.75) is 37.6 Å². The van der Waals surface area contributed by atoms with E-state index in [0.717, 1.165) is 0 Å². The van der Waals surface area contributed by atoms with Crippen molar-refractivity contribution in [2.24, 2.45) is 5.92 Å². The molecule has 1 aromatic carbocycles. The van der Waals surface area contributed by atoms with E-state index in [0.29, 0.717) is 24.9 Å². The summed E-state index contributed by atoms with van der Waals surface area (Å²) in [6.45, 7) is 3.34. The minimum atomic E-state index is -3.76. The minimum absolute atomic E-state index is 0.0791. The number of carboxylic acid groups (broad SMARTS) is 1. The van der Waals surface area contributed by atoms with Gasteiger partial charge in [0.15, 0.2) is 5.78 Å². The maximum atomic E-state index is 12.7. The number of ketones is 1. The number of benzene rings is 1. The number of aliphatic carboxylic acids is 1. The number of hydrogen-bond donors (Lipinski definition) is 1. The molecular formula is C15H19NO5S. The number of sulfonamides is 1. The monoisotopic (exact) mass is 325 g/mol. The number of piperidine rings is 1. The summed E-state index contributed by atoms with van der Waals surface area (Å²) in [7, 11) is -3.76. The molecule has 0 bridgehead atoms. The van der Waals surface area contributed by atoms with E-state index in [-0.39, 0.29) is 10.7 Å². The molecule has 0 amide bonds. The van der Waals surface area contributed by atoms with E-state index in [1.54, 1.807) is 6.92 Å². The highest BCUT2D eigenvalue weighted by atomic mass is 32.2. The molecule has 22 heavy (non-hydrogen) atoms. The predicted octanol–water partition coefficient (Wildman–Crippen LogP) is 1.76. The predicted molar refractivity (Wildman–Crippen MR) is 80.2 cm³/mol. The first-order valence-corrected chi connectivity index (χ1v) is 8.55. The van der Waals surface area contributed by atoms with Crippen molar-refractivity contribution in [2.75, 3.05) is 6.54 Å². The Bertz CT molecular complexity index is 680. The molecule has 1 fully saturated rings. The van der Waals surface area contributed by atoms with Gasteiger partial charge in [-0.15, -0.1) is 0 Å². The molecule has 1 aromatic rings. The zero-order chi connectivity index (χ0) is 16.5. The van der Waals surface area contributed by atoms with Crippen LogP contribution in [-0.2, 0) is 14.8 Å². The van der Waals surface area contributed by atoms with Gasteiger partial charge in [-0.05, 0) is 38.8 Å². The number of rotatable bonds is 4. The molecule has 1 heterocycles. The van der Waals surface area contributed by atoms with Crippen LogP contribution in [0.2, 0.25) is 0 Å². The summed E-state index contributed by atoms with van der Waals surface area (Å²) in [6.07, 6.45) is 0.998. The summed E-state index contributed by atoms with van der Waals surface area (Å²) in [5.74, 6) is -1.81. The van der Waals surface area contributed by atoms with E-state index in [1.807, 2.05) is 0 Å². The molecule has 120 valence electrons. The lowest BCUT2D eigenvalue weighted by Crippen LogP contribution is -2.48. The van der Waals surface area contributed by atoms with Crippen LogP contribution >= 0.6 is 0 Å². The second-order valence-corrected chi connectivity index (χ2v) is 7.41. The Morgan fingerprint density at radius 3 is 2.32 bits per heavy atom. The molecule has 1 saturated heterocycles. The van der Waals surface area contributed by atoms with Crippen molar-refractivity contribution in [3.05, 3.63) is 29.8 Å². The van der Waals surface area contributed by atoms with Gasteiger partial charge in [0.2, 0.25) is 10.0 Å². The molecule has 1 aliphatic heterocycles. The van der Waals surface area contributed by atoms with Crippen LogP contribution in [0.3, 0.4) is 0 Å². The second-order valence-electron chi connectivity index (χ2n) is 5.52. The highest BCUT2D eigenvalue weighted by Crippen LogP contribution is 2.29. The molecule has 0 spiro atoms. The van der Waals surface area contributed by atoms with Crippen LogP contribution in [0.5, 0.6) is 0 Å². The van der Waals surface area contributed by atoms with E-state index in [9.17, 15) is 23.1 Å². The standard InChI is InChI=1S/C15H19NO5S/c1-10-14(15(18)19)4-3-9-16(10)22(20,21)13-7-5-12(6-8-13)11(2)17/h5-8,10,14H,3-4,9H2,1-2H3,(H,18,19)/t10-,14-/m1/s1. The van der Waals surface area contributed by atoms with Crippen molar-refractivity contribution in [3.63, 3.8) is 0 Å². The van der Waals surface area contributed by atoms with Gasteiger partial charge in [-0.1, -0.05) is 12.1 Å². The summed E-state index contributed by atoms with van der Waals surface area (Å²) < 4.78 is 26.6. The van der Waals surface area contributed by atoms with Crippen LogP contribution in [0.15, 0.2) is 29.2 Å². The molecule has 2 atom stereocenters. The molecule has 0 aromatic heterocycles. The Morgan fingerprint density at radius 1 is 1.23 bits per heavy atom. The SMILES string of the molecule is CC(=O)c1ccc(S(=O)(=O)N2CCC[C@@H](C(=O)O)[C@H]2C)cc1. The molecule has 0 unspecified atom stereocenters.